The van der Waals surface area contributed by atoms with E-state index in [1.807, 2.05) is 19.1 Å². The van der Waals surface area contributed by atoms with Crippen LogP contribution in [-0.2, 0) is 5.41 Å². The quantitative estimate of drug-likeness (QED) is 0.683. The second-order valence-corrected chi connectivity index (χ2v) is 6.37. The summed E-state index contributed by atoms with van der Waals surface area (Å²) >= 11 is 0. The number of nitrogens with one attached hydrogen (secondary N) is 1. The molecule has 1 aliphatic heterocycles. The Morgan fingerprint density at radius 2 is 1.77 bits per heavy atom. The first-order chi connectivity index (χ1) is 10.6. The second-order valence-electron chi connectivity index (χ2n) is 6.37. The number of hydrazone groups is 1. The molecule has 0 saturated heterocycles. The van der Waals surface area contributed by atoms with Gasteiger partial charge in [-0.3, -0.25) is 0 Å². The van der Waals surface area contributed by atoms with Gasteiger partial charge in [0.25, 0.3) is 0 Å². The molecule has 1 aliphatic rings. The molecule has 3 rings (SSSR count). The van der Waals surface area contributed by atoms with Crippen LogP contribution >= 0.6 is 0 Å². The summed E-state index contributed by atoms with van der Waals surface area (Å²) in [6.07, 6.45) is 3.08. The Kier molecular flexibility index (Phi) is 3.88. The standard InChI is InChI=1S/C19H23N3/c1-19(14-20-22(2)3)13-18(15-9-5-4-6-10-15)21-17-12-8-7-11-16(17)19/h4-12,14,18,21H,13H2,1-3H3/b20-14+/t18-,19+/m1/s1. The molecule has 1 N–H and O–H groups in total. The Balaban J connectivity index is 2.02. The smallest absolute Gasteiger partial charge is 0.0525 e. The molecule has 2 atom stereocenters. The van der Waals surface area contributed by atoms with Crippen molar-refractivity contribution in [1.29, 1.82) is 0 Å². The molecule has 0 bridgehead atoms. The molecule has 3 nitrogen and oxygen atoms in total. The number of para-hydroxylation sites is 1. The minimum Gasteiger partial charge on any atom is -0.378 e. The van der Waals surface area contributed by atoms with Gasteiger partial charge in [-0.25, -0.2) is 0 Å². The average molecular weight is 293 g/mol. The lowest BCUT2D eigenvalue weighted by Gasteiger charge is -2.39. The van der Waals surface area contributed by atoms with Crippen molar-refractivity contribution in [1.82, 2.24) is 5.01 Å². The zero-order valence-electron chi connectivity index (χ0n) is 13.5. The number of anilines is 1. The van der Waals surface area contributed by atoms with Gasteiger partial charge < -0.3 is 10.3 Å². The summed E-state index contributed by atoms with van der Waals surface area (Å²) in [5.74, 6) is 0. The zero-order valence-corrected chi connectivity index (χ0v) is 13.5. The molecular formula is C19H23N3. The number of fused-ring (bicyclic) bond motifs is 1. The molecule has 2 aromatic rings. The number of nitrogens with zero attached hydrogens (tertiary/aromatic N) is 2. The van der Waals surface area contributed by atoms with Crippen LogP contribution in [0.15, 0.2) is 59.7 Å². The van der Waals surface area contributed by atoms with E-state index >= 15 is 0 Å². The lowest BCUT2D eigenvalue weighted by Crippen LogP contribution is -2.35. The van der Waals surface area contributed by atoms with E-state index in [2.05, 4.69) is 78.2 Å². The van der Waals surface area contributed by atoms with E-state index in [1.54, 1.807) is 0 Å². The van der Waals surface area contributed by atoms with Crippen LogP contribution in [0.25, 0.3) is 0 Å². The molecule has 1 heterocycles. The Morgan fingerprint density at radius 1 is 1.09 bits per heavy atom. The first-order valence-corrected chi connectivity index (χ1v) is 7.72. The summed E-state index contributed by atoms with van der Waals surface area (Å²) < 4.78 is 0. The van der Waals surface area contributed by atoms with Gasteiger partial charge in [0.05, 0.1) is 6.04 Å². The number of hydrogen-bond acceptors (Lipinski definition) is 3. The molecule has 3 heteroatoms. The van der Waals surface area contributed by atoms with E-state index in [0.717, 1.165) is 6.42 Å². The van der Waals surface area contributed by atoms with E-state index in [1.165, 1.54) is 16.8 Å². The molecule has 114 valence electrons. The van der Waals surface area contributed by atoms with Crippen molar-refractivity contribution >= 4 is 11.9 Å². The molecule has 22 heavy (non-hydrogen) atoms. The molecular weight excluding hydrogens is 270 g/mol. The van der Waals surface area contributed by atoms with E-state index < -0.39 is 0 Å². The third-order valence-electron chi connectivity index (χ3n) is 4.28. The highest BCUT2D eigenvalue weighted by Gasteiger charge is 2.35. The zero-order chi connectivity index (χ0) is 15.6. The van der Waals surface area contributed by atoms with Crippen LogP contribution in [0, 0.1) is 0 Å². The molecule has 0 aromatic heterocycles. The highest BCUT2D eigenvalue weighted by Crippen LogP contribution is 2.43. The van der Waals surface area contributed by atoms with Crippen molar-refractivity contribution in [2.24, 2.45) is 5.10 Å². The van der Waals surface area contributed by atoms with Gasteiger partial charge in [-0.05, 0) is 23.6 Å². The van der Waals surface area contributed by atoms with Crippen molar-refractivity contribution in [3.05, 3.63) is 65.7 Å². The largest absolute Gasteiger partial charge is 0.378 e. The third kappa shape index (κ3) is 2.84. The van der Waals surface area contributed by atoms with Gasteiger partial charge in [-0.15, -0.1) is 0 Å². The van der Waals surface area contributed by atoms with Crippen LogP contribution in [0.2, 0.25) is 0 Å². The monoisotopic (exact) mass is 293 g/mol. The second kappa shape index (κ2) is 5.84. The maximum Gasteiger partial charge on any atom is 0.0525 e. The van der Waals surface area contributed by atoms with Gasteiger partial charge in [0.15, 0.2) is 0 Å². The van der Waals surface area contributed by atoms with Gasteiger partial charge in [-0.1, -0.05) is 55.5 Å². The van der Waals surface area contributed by atoms with Gasteiger partial charge in [0.1, 0.15) is 0 Å². The van der Waals surface area contributed by atoms with E-state index in [9.17, 15) is 0 Å². The first kappa shape index (κ1) is 14.6. The van der Waals surface area contributed by atoms with Gasteiger partial charge >= 0.3 is 0 Å². The average Bonchev–Trinajstić information content (AvgIpc) is 2.54. The maximum atomic E-state index is 4.53. The summed E-state index contributed by atoms with van der Waals surface area (Å²) in [5.41, 5.74) is 3.76. The van der Waals surface area contributed by atoms with Crippen molar-refractivity contribution in [2.75, 3.05) is 19.4 Å². The fourth-order valence-corrected chi connectivity index (χ4v) is 3.13. The number of hydrogen-bond donors (Lipinski definition) is 1. The number of benzene rings is 2. The fraction of sp³-hybridized carbons (Fsp3) is 0.316. The topological polar surface area (TPSA) is 27.6 Å². The Hall–Kier alpha value is -2.29. The predicted octanol–water partition coefficient (Wildman–Crippen LogP) is 4.05. The van der Waals surface area contributed by atoms with Crippen LogP contribution in [0.1, 0.15) is 30.5 Å². The van der Waals surface area contributed by atoms with Crippen LogP contribution in [-0.4, -0.2) is 25.3 Å². The molecule has 0 radical (unpaired) electrons. The normalized spacial score (nSPS) is 23.9. The van der Waals surface area contributed by atoms with Crippen molar-refractivity contribution < 1.29 is 0 Å². The minimum absolute atomic E-state index is 0.0768. The Bertz CT molecular complexity index is 663. The lowest BCUT2D eigenvalue weighted by molar-refractivity contribution is 0.426. The highest BCUT2D eigenvalue weighted by molar-refractivity contribution is 5.78. The Labute approximate surface area is 132 Å². The fourth-order valence-electron chi connectivity index (χ4n) is 3.13. The summed E-state index contributed by atoms with van der Waals surface area (Å²) in [5, 5.41) is 10.1. The molecule has 0 aliphatic carbocycles. The van der Waals surface area contributed by atoms with Gasteiger partial charge in [0.2, 0.25) is 0 Å². The first-order valence-electron chi connectivity index (χ1n) is 7.72. The lowest BCUT2D eigenvalue weighted by atomic mass is 9.73. The van der Waals surface area contributed by atoms with Crippen molar-refractivity contribution in [2.45, 2.75) is 24.8 Å². The summed E-state index contributed by atoms with van der Waals surface area (Å²) in [7, 11) is 3.92. The van der Waals surface area contributed by atoms with Crippen LogP contribution in [0.3, 0.4) is 0 Å². The molecule has 0 amide bonds. The summed E-state index contributed by atoms with van der Waals surface area (Å²) in [6.45, 7) is 2.27. The highest BCUT2D eigenvalue weighted by atomic mass is 15.4. The van der Waals surface area contributed by atoms with E-state index in [4.69, 9.17) is 0 Å². The van der Waals surface area contributed by atoms with Crippen LogP contribution in [0.4, 0.5) is 5.69 Å². The van der Waals surface area contributed by atoms with Gasteiger partial charge in [-0.2, -0.15) is 5.10 Å². The van der Waals surface area contributed by atoms with Crippen LogP contribution in [0.5, 0.6) is 0 Å². The SMILES string of the molecule is CN(C)/N=C/[C@]1(C)C[C@H](c2ccccc2)Nc2ccccc21. The summed E-state index contributed by atoms with van der Waals surface area (Å²) in [6, 6.07) is 19.5. The van der Waals surface area contributed by atoms with Crippen molar-refractivity contribution in [3.63, 3.8) is 0 Å². The predicted molar refractivity (Wildman–Crippen MR) is 93.4 cm³/mol. The summed E-state index contributed by atoms with van der Waals surface area (Å²) in [4.78, 5) is 0. The maximum absolute atomic E-state index is 4.53. The molecule has 0 spiro atoms. The van der Waals surface area contributed by atoms with Crippen LogP contribution < -0.4 is 5.32 Å². The van der Waals surface area contributed by atoms with E-state index in [0.29, 0.717) is 6.04 Å². The number of rotatable bonds is 3. The molecule has 0 unspecified atom stereocenters. The minimum atomic E-state index is -0.0768. The third-order valence-corrected chi connectivity index (χ3v) is 4.28. The molecule has 0 saturated carbocycles. The van der Waals surface area contributed by atoms with E-state index in [-0.39, 0.29) is 5.41 Å². The molecule has 2 aromatic carbocycles. The van der Waals surface area contributed by atoms with Crippen molar-refractivity contribution in [3.8, 4) is 0 Å². The Morgan fingerprint density at radius 3 is 2.50 bits per heavy atom. The van der Waals surface area contributed by atoms with Gasteiger partial charge in [0, 0.05) is 31.4 Å². The molecule has 0 fully saturated rings.